The van der Waals surface area contributed by atoms with Crippen LogP contribution in [-0.4, -0.2) is 39.2 Å². The van der Waals surface area contributed by atoms with Crippen LogP contribution in [-0.2, 0) is 14.8 Å². The van der Waals surface area contributed by atoms with Crippen molar-refractivity contribution in [3.8, 4) is 11.5 Å². The highest BCUT2D eigenvalue weighted by Gasteiger charge is 2.27. The van der Waals surface area contributed by atoms with Crippen molar-refractivity contribution >= 4 is 48.6 Å². The van der Waals surface area contributed by atoms with E-state index in [0.717, 1.165) is 5.39 Å². The maximum atomic E-state index is 13.9. The lowest BCUT2D eigenvalue weighted by atomic mass is 9.98. The van der Waals surface area contributed by atoms with Crippen LogP contribution in [0.4, 0.5) is 0 Å². The fraction of sp³-hybridized carbons (Fsp3) is 0.148. The Morgan fingerprint density at radius 3 is 2.09 bits per heavy atom. The van der Waals surface area contributed by atoms with E-state index in [0.29, 0.717) is 38.7 Å². The van der Waals surface area contributed by atoms with Crippen molar-refractivity contribution in [1.82, 2.24) is 3.97 Å². The van der Waals surface area contributed by atoms with Gasteiger partial charge in [0.05, 0.1) is 42.3 Å². The Labute approximate surface area is 202 Å². The first-order valence-electron chi connectivity index (χ1n) is 11.0. The molecule has 0 saturated carbocycles. The molecule has 0 aliphatic rings. The third-order valence-corrected chi connectivity index (χ3v) is 7.75. The first kappa shape index (κ1) is 22.7. The zero-order valence-corrected chi connectivity index (χ0v) is 20.3. The van der Waals surface area contributed by atoms with E-state index >= 15 is 0 Å². The predicted molar refractivity (Wildman–Crippen MR) is 135 cm³/mol. The highest BCUT2D eigenvalue weighted by atomic mass is 32.2. The molecule has 8 heteroatoms. The van der Waals surface area contributed by atoms with E-state index in [1.807, 2.05) is 12.1 Å². The number of benzene rings is 4. The first-order chi connectivity index (χ1) is 16.9. The number of rotatable bonds is 6. The summed E-state index contributed by atoms with van der Waals surface area (Å²) in [5.74, 6) is 0.358. The highest BCUT2D eigenvalue weighted by Crippen LogP contribution is 2.42. The number of hydrogen-bond donors (Lipinski definition) is 0. The van der Waals surface area contributed by atoms with Gasteiger partial charge in [-0.15, -0.1) is 0 Å². The molecule has 5 rings (SSSR count). The number of carbonyl (C=O) groups is 1. The van der Waals surface area contributed by atoms with Crippen LogP contribution in [0.1, 0.15) is 17.3 Å². The number of para-hydroxylation sites is 1. The van der Waals surface area contributed by atoms with Crippen molar-refractivity contribution in [3.05, 3.63) is 78.4 Å². The van der Waals surface area contributed by atoms with Crippen molar-refractivity contribution in [2.24, 2.45) is 0 Å². The van der Waals surface area contributed by atoms with Crippen LogP contribution in [0.2, 0.25) is 0 Å². The average molecular weight is 490 g/mol. The number of ether oxygens (including phenoxy) is 3. The Hall–Kier alpha value is -4.04. The first-order valence-corrected chi connectivity index (χ1v) is 12.5. The molecule has 0 radical (unpaired) electrons. The van der Waals surface area contributed by atoms with Gasteiger partial charge >= 0.3 is 5.97 Å². The van der Waals surface area contributed by atoms with E-state index in [4.69, 9.17) is 14.2 Å². The molecule has 1 aromatic heterocycles. The quantitative estimate of drug-likeness (QED) is 0.298. The number of carbonyl (C=O) groups excluding carboxylic acids is 1. The van der Waals surface area contributed by atoms with Crippen LogP contribution < -0.4 is 9.47 Å². The molecule has 0 unspecified atom stereocenters. The lowest BCUT2D eigenvalue weighted by Gasteiger charge is -2.14. The number of hydrogen-bond acceptors (Lipinski definition) is 6. The third-order valence-electron chi connectivity index (χ3n) is 6.01. The number of methoxy groups -OCH3 is 2. The maximum absolute atomic E-state index is 13.9. The molecule has 0 aliphatic carbocycles. The van der Waals surface area contributed by atoms with Gasteiger partial charge in [-0.3, -0.25) is 0 Å². The molecule has 0 aliphatic heterocycles. The van der Waals surface area contributed by atoms with Gasteiger partial charge in [0.15, 0.2) is 11.5 Å². The molecule has 0 atom stereocenters. The molecule has 0 N–H and O–H groups in total. The molecule has 0 spiro atoms. The second-order valence-corrected chi connectivity index (χ2v) is 9.68. The predicted octanol–water partition coefficient (Wildman–Crippen LogP) is 5.38. The Balaban J connectivity index is 2.02. The molecular formula is C27H23NO6S. The fourth-order valence-corrected chi connectivity index (χ4v) is 6.04. The normalized spacial score (nSPS) is 11.7. The summed E-state index contributed by atoms with van der Waals surface area (Å²) in [5, 5.41) is 2.65. The van der Waals surface area contributed by atoms with Crippen molar-refractivity contribution in [2.45, 2.75) is 11.8 Å². The van der Waals surface area contributed by atoms with Crippen molar-refractivity contribution in [1.29, 1.82) is 0 Å². The van der Waals surface area contributed by atoms with Crippen LogP contribution in [0, 0.1) is 0 Å². The second-order valence-electron chi connectivity index (χ2n) is 7.89. The molecule has 4 aromatic carbocycles. The second kappa shape index (κ2) is 8.63. The summed E-state index contributed by atoms with van der Waals surface area (Å²) in [4.78, 5) is 13.2. The van der Waals surface area contributed by atoms with E-state index in [-0.39, 0.29) is 17.1 Å². The van der Waals surface area contributed by atoms with Gasteiger partial charge in [-0.1, -0.05) is 36.4 Å². The summed E-state index contributed by atoms with van der Waals surface area (Å²) in [6.45, 7) is 1.90. The number of aromatic nitrogens is 1. The Kier molecular flexibility index (Phi) is 5.61. The topological polar surface area (TPSA) is 83.8 Å². The van der Waals surface area contributed by atoms with Crippen molar-refractivity contribution < 1.29 is 27.4 Å². The van der Waals surface area contributed by atoms with E-state index in [1.54, 1.807) is 67.6 Å². The van der Waals surface area contributed by atoms with Gasteiger partial charge in [0, 0.05) is 16.2 Å². The standard InChI is InChI=1S/C27H23NO6S/c1-4-34-27(29)21-14-23-26(20-16-25(33-3)24(32-2)15-19(20)21)18-12-8-9-13-22(18)28(23)35(30,31)17-10-6-5-7-11-17/h5-16H,4H2,1-3H3. The van der Waals surface area contributed by atoms with Gasteiger partial charge in [0.1, 0.15) is 0 Å². The van der Waals surface area contributed by atoms with E-state index in [9.17, 15) is 13.2 Å². The van der Waals surface area contributed by atoms with E-state index in [2.05, 4.69) is 0 Å². The molecule has 7 nitrogen and oxygen atoms in total. The minimum atomic E-state index is -3.99. The maximum Gasteiger partial charge on any atom is 0.338 e. The zero-order chi connectivity index (χ0) is 24.7. The average Bonchev–Trinajstić information content (AvgIpc) is 3.23. The molecule has 5 aromatic rings. The van der Waals surface area contributed by atoms with E-state index < -0.39 is 16.0 Å². The van der Waals surface area contributed by atoms with Gasteiger partial charge in [-0.05, 0) is 48.7 Å². The van der Waals surface area contributed by atoms with Crippen LogP contribution in [0.25, 0.3) is 32.6 Å². The van der Waals surface area contributed by atoms with Gasteiger partial charge in [0.25, 0.3) is 10.0 Å². The largest absolute Gasteiger partial charge is 0.493 e. The van der Waals surface area contributed by atoms with Gasteiger partial charge in [-0.2, -0.15) is 0 Å². The summed E-state index contributed by atoms with van der Waals surface area (Å²) in [7, 11) is -0.947. The van der Waals surface area contributed by atoms with Crippen LogP contribution >= 0.6 is 0 Å². The molecule has 35 heavy (non-hydrogen) atoms. The summed E-state index contributed by atoms with van der Waals surface area (Å²) < 4.78 is 45.4. The summed E-state index contributed by atoms with van der Waals surface area (Å²) in [6, 6.07) is 20.6. The number of nitrogens with zero attached hydrogens (tertiary/aromatic N) is 1. The lowest BCUT2D eigenvalue weighted by molar-refractivity contribution is 0.0529. The monoisotopic (exact) mass is 489 g/mol. The van der Waals surface area contributed by atoms with Crippen LogP contribution in [0.3, 0.4) is 0 Å². The Morgan fingerprint density at radius 2 is 1.43 bits per heavy atom. The lowest BCUT2D eigenvalue weighted by Crippen LogP contribution is -2.13. The Bertz CT molecular complexity index is 1700. The number of fused-ring (bicyclic) bond motifs is 5. The molecule has 0 amide bonds. The fourth-order valence-electron chi connectivity index (χ4n) is 4.50. The Morgan fingerprint density at radius 1 is 0.800 bits per heavy atom. The molecule has 0 saturated heterocycles. The molecule has 0 bridgehead atoms. The molecular weight excluding hydrogens is 466 g/mol. The van der Waals surface area contributed by atoms with Crippen LogP contribution in [0.15, 0.2) is 77.7 Å². The minimum absolute atomic E-state index is 0.146. The highest BCUT2D eigenvalue weighted by molar-refractivity contribution is 7.90. The third kappa shape index (κ3) is 3.49. The smallest absolute Gasteiger partial charge is 0.338 e. The molecule has 0 fully saturated rings. The van der Waals surface area contributed by atoms with Crippen LogP contribution in [0.5, 0.6) is 11.5 Å². The molecule has 178 valence electrons. The minimum Gasteiger partial charge on any atom is -0.493 e. The van der Waals surface area contributed by atoms with Crippen molar-refractivity contribution in [3.63, 3.8) is 0 Å². The van der Waals surface area contributed by atoms with E-state index in [1.165, 1.54) is 18.2 Å². The zero-order valence-electron chi connectivity index (χ0n) is 19.4. The van der Waals surface area contributed by atoms with Gasteiger partial charge < -0.3 is 14.2 Å². The summed E-state index contributed by atoms with van der Waals surface area (Å²) in [5.41, 5.74) is 1.11. The SMILES string of the molecule is CCOC(=O)c1cc2c(c3cc(OC)c(OC)cc13)c1ccccc1n2S(=O)(=O)c1ccccc1. The number of esters is 1. The van der Waals surface area contributed by atoms with Gasteiger partial charge in [-0.25, -0.2) is 17.2 Å². The summed E-state index contributed by atoms with van der Waals surface area (Å²) >= 11 is 0. The summed E-state index contributed by atoms with van der Waals surface area (Å²) in [6.07, 6.45) is 0. The van der Waals surface area contributed by atoms with Gasteiger partial charge in [0.2, 0.25) is 0 Å². The van der Waals surface area contributed by atoms with Crippen molar-refractivity contribution in [2.75, 3.05) is 20.8 Å². The molecule has 1 heterocycles.